The Hall–Kier alpha value is -3.43. The third-order valence-corrected chi connectivity index (χ3v) is 6.43. The average molecular weight is 482 g/mol. The Kier molecular flexibility index (Phi) is 7.67. The lowest BCUT2D eigenvalue weighted by Crippen LogP contribution is -2.52. The van der Waals surface area contributed by atoms with E-state index in [0.29, 0.717) is 6.42 Å². The van der Waals surface area contributed by atoms with Gasteiger partial charge in [0.2, 0.25) is 5.91 Å². The second-order valence-corrected chi connectivity index (χ2v) is 9.26. The molecule has 186 valence electrons. The molecule has 0 saturated carbocycles. The molecule has 9 heteroatoms. The van der Waals surface area contributed by atoms with Crippen molar-refractivity contribution in [2.24, 2.45) is 5.92 Å². The lowest BCUT2D eigenvalue weighted by Gasteiger charge is -2.23. The molecule has 1 fully saturated rings. The molecule has 2 aromatic carbocycles. The molecular weight excluding hydrogens is 450 g/mol. The summed E-state index contributed by atoms with van der Waals surface area (Å²) in [7, 11) is 3.61. The number of aliphatic carboxylic acids is 1. The summed E-state index contributed by atoms with van der Waals surface area (Å²) >= 11 is 0. The third-order valence-electron chi connectivity index (χ3n) is 6.43. The minimum atomic E-state index is -0.902. The van der Waals surface area contributed by atoms with Gasteiger partial charge in [0, 0.05) is 19.0 Å². The summed E-state index contributed by atoms with van der Waals surface area (Å²) in [5.41, 5.74) is 4.50. The number of nitrogens with zero attached hydrogens (tertiary/aromatic N) is 1. The maximum absolute atomic E-state index is 12.8. The Balaban J connectivity index is 1.33. The highest BCUT2D eigenvalue weighted by Gasteiger charge is 2.32. The van der Waals surface area contributed by atoms with Crippen LogP contribution in [0.5, 0.6) is 0 Å². The van der Waals surface area contributed by atoms with Crippen LogP contribution in [0.3, 0.4) is 0 Å². The number of hydrogen-bond acceptors (Lipinski definition) is 6. The number of amides is 2. The monoisotopic (exact) mass is 481 g/mol. The maximum atomic E-state index is 12.8. The maximum Gasteiger partial charge on any atom is 0.407 e. The van der Waals surface area contributed by atoms with E-state index in [1.165, 1.54) is 0 Å². The quantitative estimate of drug-likeness (QED) is 0.502. The molecule has 2 amide bonds. The number of carboxylic acid groups (broad SMARTS) is 1. The number of carboxylic acids is 1. The van der Waals surface area contributed by atoms with Gasteiger partial charge in [0.15, 0.2) is 0 Å². The van der Waals surface area contributed by atoms with Gasteiger partial charge in [0.1, 0.15) is 12.6 Å². The standard InChI is InChI=1S/C26H31N3O6/c1-29(2)13-23(24(30)27-12-17-11-16(14-34-17)25(31)32)28-26(33)35-15-22-20-9-5-3-7-18(20)19-8-4-6-10-21(19)22/h3-10,16-17,22-23H,11-15H2,1-2H3,(H,27,30)(H,28,33)(H,31,32)/t16?,17?,23-/m0/s1. The van der Waals surface area contributed by atoms with Crippen molar-refractivity contribution in [3.05, 3.63) is 59.7 Å². The van der Waals surface area contributed by atoms with Gasteiger partial charge < -0.3 is 30.1 Å². The van der Waals surface area contributed by atoms with Gasteiger partial charge in [-0.25, -0.2) is 4.79 Å². The molecule has 0 bridgehead atoms. The van der Waals surface area contributed by atoms with E-state index in [1.807, 2.05) is 36.4 Å². The fraction of sp³-hybridized carbons (Fsp3) is 0.423. The predicted octanol–water partition coefficient (Wildman–Crippen LogP) is 2.06. The largest absolute Gasteiger partial charge is 0.481 e. The number of carbonyl (C=O) groups is 3. The first kappa shape index (κ1) is 24.7. The van der Waals surface area contributed by atoms with Gasteiger partial charge in [0.25, 0.3) is 0 Å². The molecule has 3 N–H and O–H groups in total. The van der Waals surface area contributed by atoms with Gasteiger partial charge in [-0.2, -0.15) is 0 Å². The Bertz CT molecular complexity index is 1040. The van der Waals surface area contributed by atoms with Gasteiger partial charge in [0.05, 0.1) is 18.6 Å². The van der Waals surface area contributed by atoms with Crippen molar-refractivity contribution in [3.8, 4) is 11.1 Å². The second kappa shape index (κ2) is 10.9. The molecular formula is C26H31N3O6. The Morgan fingerprint density at radius 2 is 1.71 bits per heavy atom. The summed E-state index contributed by atoms with van der Waals surface area (Å²) in [4.78, 5) is 38.4. The highest BCUT2D eigenvalue weighted by molar-refractivity contribution is 5.86. The van der Waals surface area contributed by atoms with Gasteiger partial charge in [-0.1, -0.05) is 48.5 Å². The molecule has 2 aliphatic rings. The van der Waals surface area contributed by atoms with Gasteiger partial charge >= 0.3 is 12.1 Å². The number of rotatable bonds is 9. The van der Waals surface area contributed by atoms with E-state index in [-0.39, 0.29) is 44.2 Å². The third kappa shape index (κ3) is 5.80. The van der Waals surface area contributed by atoms with Crippen molar-refractivity contribution in [2.45, 2.75) is 24.5 Å². The molecule has 0 aromatic heterocycles. The molecule has 1 aliphatic carbocycles. The van der Waals surface area contributed by atoms with Crippen LogP contribution in [0.1, 0.15) is 23.5 Å². The highest BCUT2D eigenvalue weighted by Crippen LogP contribution is 2.44. The van der Waals surface area contributed by atoms with E-state index >= 15 is 0 Å². The molecule has 1 heterocycles. The second-order valence-electron chi connectivity index (χ2n) is 9.26. The van der Waals surface area contributed by atoms with Gasteiger partial charge in [-0.3, -0.25) is 9.59 Å². The molecule has 4 rings (SSSR count). The summed E-state index contributed by atoms with van der Waals surface area (Å²) in [6, 6.07) is 15.3. The molecule has 0 radical (unpaired) electrons. The van der Waals surface area contributed by atoms with E-state index in [0.717, 1.165) is 22.3 Å². The van der Waals surface area contributed by atoms with E-state index in [1.54, 1.807) is 19.0 Å². The zero-order valence-corrected chi connectivity index (χ0v) is 19.9. The van der Waals surface area contributed by atoms with E-state index in [2.05, 4.69) is 22.8 Å². The molecule has 1 aliphatic heterocycles. The Labute approximate surface area is 204 Å². The zero-order chi connectivity index (χ0) is 24.9. The lowest BCUT2D eigenvalue weighted by atomic mass is 9.98. The molecule has 2 aromatic rings. The van der Waals surface area contributed by atoms with Crippen LogP contribution in [-0.2, 0) is 19.1 Å². The highest BCUT2D eigenvalue weighted by atomic mass is 16.5. The van der Waals surface area contributed by atoms with Crippen LogP contribution in [0.25, 0.3) is 11.1 Å². The summed E-state index contributed by atoms with van der Waals surface area (Å²) < 4.78 is 11.0. The molecule has 3 atom stereocenters. The van der Waals surface area contributed by atoms with E-state index < -0.39 is 24.0 Å². The van der Waals surface area contributed by atoms with Gasteiger partial charge in [-0.15, -0.1) is 0 Å². The van der Waals surface area contributed by atoms with E-state index in [9.17, 15) is 14.4 Å². The first-order valence-electron chi connectivity index (χ1n) is 11.7. The van der Waals surface area contributed by atoms with Crippen molar-refractivity contribution in [3.63, 3.8) is 0 Å². The summed E-state index contributed by atoms with van der Waals surface area (Å²) in [5.74, 6) is -1.92. The smallest absolute Gasteiger partial charge is 0.407 e. The van der Waals surface area contributed by atoms with Crippen molar-refractivity contribution >= 4 is 18.0 Å². The van der Waals surface area contributed by atoms with Crippen molar-refractivity contribution in [1.82, 2.24) is 15.5 Å². The number of benzene rings is 2. The van der Waals surface area contributed by atoms with Crippen LogP contribution >= 0.6 is 0 Å². The Morgan fingerprint density at radius 3 is 2.29 bits per heavy atom. The van der Waals surface area contributed by atoms with Crippen LogP contribution in [0.15, 0.2) is 48.5 Å². The Morgan fingerprint density at radius 1 is 1.09 bits per heavy atom. The average Bonchev–Trinajstić information content (AvgIpc) is 3.44. The van der Waals surface area contributed by atoms with Crippen LogP contribution in [-0.4, -0.2) is 80.5 Å². The number of carbonyl (C=O) groups excluding carboxylic acids is 2. The summed E-state index contributed by atoms with van der Waals surface area (Å²) in [6.45, 7) is 0.746. The molecule has 35 heavy (non-hydrogen) atoms. The minimum absolute atomic E-state index is 0.0732. The number of nitrogens with one attached hydrogen (secondary N) is 2. The van der Waals surface area contributed by atoms with Crippen LogP contribution < -0.4 is 10.6 Å². The number of likely N-dealkylation sites (N-methyl/N-ethyl adjacent to an activating group) is 1. The van der Waals surface area contributed by atoms with Crippen molar-refractivity contribution in [2.75, 3.05) is 40.4 Å². The summed E-state index contributed by atoms with van der Waals surface area (Å²) in [6.07, 6.45) is -0.695. The number of ether oxygens (including phenoxy) is 2. The van der Waals surface area contributed by atoms with Crippen LogP contribution in [0, 0.1) is 5.92 Å². The van der Waals surface area contributed by atoms with Crippen molar-refractivity contribution in [1.29, 1.82) is 0 Å². The van der Waals surface area contributed by atoms with Crippen LogP contribution in [0.2, 0.25) is 0 Å². The topological polar surface area (TPSA) is 117 Å². The summed E-state index contributed by atoms with van der Waals surface area (Å²) in [5, 5.41) is 14.5. The SMILES string of the molecule is CN(C)C[C@H](NC(=O)OCC1c2ccccc2-c2ccccc21)C(=O)NCC1CC(C(=O)O)CO1. The first-order chi connectivity index (χ1) is 16.8. The zero-order valence-electron chi connectivity index (χ0n) is 19.9. The number of hydrogen-bond donors (Lipinski definition) is 3. The molecule has 1 saturated heterocycles. The number of fused-ring (bicyclic) bond motifs is 3. The lowest BCUT2D eigenvalue weighted by molar-refractivity contribution is -0.141. The molecule has 2 unspecified atom stereocenters. The molecule has 9 nitrogen and oxygen atoms in total. The number of alkyl carbamates (subject to hydrolysis) is 1. The van der Waals surface area contributed by atoms with Crippen molar-refractivity contribution < 1.29 is 29.0 Å². The van der Waals surface area contributed by atoms with E-state index in [4.69, 9.17) is 14.6 Å². The van der Waals surface area contributed by atoms with Gasteiger partial charge in [-0.05, 0) is 42.8 Å². The predicted molar refractivity (Wildman–Crippen MR) is 129 cm³/mol. The minimum Gasteiger partial charge on any atom is -0.481 e. The van der Waals surface area contributed by atoms with Crippen LogP contribution in [0.4, 0.5) is 4.79 Å². The first-order valence-corrected chi connectivity index (χ1v) is 11.7. The fourth-order valence-corrected chi connectivity index (χ4v) is 4.70. The normalized spacial score (nSPS) is 19.6. The fourth-order valence-electron chi connectivity index (χ4n) is 4.70. The molecule has 0 spiro atoms.